The average Bonchev–Trinajstić information content (AvgIpc) is 2.71. The Kier molecular flexibility index (Phi) is 8.66. The van der Waals surface area contributed by atoms with Gasteiger partial charge in [-0.1, -0.05) is 20.8 Å². The Bertz CT molecular complexity index is 661. The zero-order chi connectivity index (χ0) is 21.6. The minimum absolute atomic E-state index is 0.0381. The van der Waals surface area contributed by atoms with Crippen molar-refractivity contribution in [2.75, 3.05) is 13.2 Å². The molecule has 0 aromatic heterocycles. The standard InChI is InChI=1S/C20H30O9/c1-4-7-26-14-8-13(6-5-12(14)10-27-19(25)11(2)3)28-20-18(24)17(23)16(22)15(9-21)29-20/h5-6,8,11,15-18,20-24H,4,7,9-10H2,1-3H3/t15-,16-,17+,18-,20-/m1/s1. The smallest absolute Gasteiger partial charge is 0.308 e. The first-order valence-electron chi connectivity index (χ1n) is 9.68. The maximum atomic E-state index is 11.7. The fourth-order valence-corrected chi connectivity index (χ4v) is 2.69. The lowest BCUT2D eigenvalue weighted by molar-refractivity contribution is -0.277. The lowest BCUT2D eigenvalue weighted by Crippen LogP contribution is -2.60. The van der Waals surface area contributed by atoms with E-state index in [0.29, 0.717) is 17.9 Å². The van der Waals surface area contributed by atoms with Gasteiger partial charge in [0.1, 0.15) is 42.5 Å². The van der Waals surface area contributed by atoms with E-state index in [-0.39, 0.29) is 24.2 Å². The summed E-state index contributed by atoms with van der Waals surface area (Å²) in [5.41, 5.74) is 0.647. The summed E-state index contributed by atoms with van der Waals surface area (Å²) in [7, 11) is 0. The maximum Gasteiger partial charge on any atom is 0.308 e. The van der Waals surface area contributed by atoms with Crippen molar-refractivity contribution in [3.8, 4) is 11.5 Å². The molecule has 1 saturated heterocycles. The van der Waals surface area contributed by atoms with Crippen LogP contribution >= 0.6 is 0 Å². The predicted octanol–water partition coefficient (Wildman–Crippen LogP) is 0.353. The van der Waals surface area contributed by atoms with Crippen molar-refractivity contribution >= 4 is 5.97 Å². The highest BCUT2D eigenvalue weighted by Gasteiger charge is 2.44. The summed E-state index contributed by atoms with van der Waals surface area (Å²) in [4.78, 5) is 11.7. The number of hydrogen-bond acceptors (Lipinski definition) is 9. The molecular weight excluding hydrogens is 384 g/mol. The zero-order valence-corrected chi connectivity index (χ0v) is 16.9. The van der Waals surface area contributed by atoms with E-state index in [9.17, 15) is 25.2 Å². The molecule has 1 aliphatic rings. The van der Waals surface area contributed by atoms with Gasteiger partial charge >= 0.3 is 5.97 Å². The molecule has 0 unspecified atom stereocenters. The molecule has 0 amide bonds. The molecule has 1 fully saturated rings. The number of benzene rings is 1. The van der Waals surface area contributed by atoms with E-state index >= 15 is 0 Å². The molecule has 1 aromatic rings. The first-order chi connectivity index (χ1) is 13.8. The Morgan fingerprint density at radius 1 is 1.17 bits per heavy atom. The summed E-state index contributed by atoms with van der Waals surface area (Å²) < 4.78 is 21.9. The SMILES string of the molecule is CCCOc1cc(O[C@@H]2O[C@H](CO)[C@@H](O)[C@H](O)[C@H]2O)ccc1COC(=O)C(C)C. The average molecular weight is 414 g/mol. The van der Waals surface area contributed by atoms with E-state index in [1.54, 1.807) is 32.0 Å². The van der Waals surface area contributed by atoms with Crippen molar-refractivity contribution in [1.29, 1.82) is 0 Å². The Labute approximate surface area is 169 Å². The Balaban J connectivity index is 2.15. The molecule has 164 valence electrons. The Morgan fingerprint density at radius 3 is 2.52 bits per heavy atom. The van der Waals surface area contributed by atoms with Crippen molar-refractivity contribution in [3.05, 3.63) is 23.8 Å². The molecule has 0 bridgehead atoms. The molecule has 0 aliphatic carbocycles. The van der Waals surface area contributed by atoms with Crippen LogP contribution in [0.1, 0.15) is 32.8 Å². The van der Waals surface area contributed by atoms with Gasteiger partial charge in [-0.05, 0) is 18.6 Å². The van der Waals surface area contributed by atoms with Crippen LogP contribution in [0.25, 0.3) is 0 Å². The second-order valence-corrected chi connectivity index (χ2v) is 7.20. The summed E-state index contributed by atoms with van der Waals surface area (Å²) in [6.45, 7) is 5.37. The molecule has 4 N–H and O–H groups in total. The van der Waals surface area contributed by atoms with Gasteiger partial charge in [0, 0.05) is 11.6 Å². The summed E-state index contributed by atoms with van der Waals surface area (Å²) >= 11 is 0. The summed E-state index contributed by atoms with van der Waals surface area (Å²) in [6.07, 6.45) is -6.10. The van der Waals surface area contributed by atoms with E-state index in [4.69, 9.17) is 18.9 Å². The van der Waals surface area contributed by atoms with Crippen LogP contribution in [-0.4, -0.2) is 70.3 Å². The predicted molar refractivity (Wildman–Crippen MR) is 101 cm³/mol. The molecule has 0 saturated carbocycles. The molecule has 29 heavy (non-hydrogen) atoms. The van der Waals surface area contributed by atoms with Crippen molar-refractivity contribution < 1.29 is 44.2 Å². The molecule has 9 nitrogen and oxygen atoms in total. The molecule has 1 heterocycles. The lowest BCUT2D eigenvalue weighted by Gasteiger charge is -2.39. The lowest BCUT2D eigenvalue weighted by atomic mass is 9.99. The molecule has 0 spiro atoms. The van der Waals surface area contributed by atoms with Crippen LogP contribution in [0.15, 0.2) is 18.2 Å². The van der Waals surface area contributed by atoms with Crippen molar-refractivity contribution in [3.63, 3.8) is 0 Å². The number of aliphatic hydroxyl groups is 4. The van der Waals surface area contributed by atoms with E-state index in [0.717, 1.165) is 6.42 Å². The highest BCUT2D eigenvalue weighted by atomic mass is 16.7. The molecule has 1 aromatic carbocycles. The first-order valence-corrected chi connectivity index (χ1v) is 9.68. The monoisotopic (exact) mass is 414 g/mol. The highest BCUT2D eigenvalue weighted by molar-refractivity contribution is 5.71. The quantitative estimate of drug-likeness (QED) is 0.422. The van der Waals surface area contributed by atoms with E-state index < -0.39 is 37.3 Å². The zero-order valence-electron chi connectivity index (χ0n) is 16.9. The van der Waals surface area contributed by atoms with Gasteiger partial charge in [0.15, 0.2) is 0 Å². The summed E-state index contributed by atoms with van der Waals surface area (Å²) in [6, 6.07) is 4.81. The second-order valence-electron chi connectivity index (χ2n) is 7.20. The maximum absolute atomic E-state index is 11.7. The van der Waals surface area contributed by atoms with Gasteiger partial charge in [-0.2, -0.15) is 0 Å². The molecule has 9 heteroatoms. The molecule has 0 radical (unpaired) electrons. The number of hydrogen-bond donors (Lipinski definition) is 4. The van der Waals surface area contributed by atoms with Gasteiger partial charge in [0.25, 0.3) is 0 Å². The Hall–Kier alpha value is -1.91. The number of esters is 1. The van der Waals surface area contributed by atoms with Crippen molar-refractivity contribution in [1.82, 2.24) is 0 Å². The number of carbonyl (C=O) groups is 1. The summed E-state index contributed by atoms with van der Waals surface area (Å²) in [5.74, 6) is 0.154. The van der Waals surface area contributed by atoms with E-state index in [1.165, 1.54) is 0 Å². The molecular formula is C20H30O9. The highest BCUT2D eigenvalue weighted by Crippen LogP contribution is 2.29. The van der Waals surface area contributed by atoms with Crippen LogP contribution in [0.2, 0.25) is 0 Å². The van der Waals surface area contributed by atoms with Gasteiger partial charge in [0.2, 0.25) is 6.29 Å². The van der Waals surface area contributed by atoms with Crippen LogP contribution in [0.3, 0.4) is 0 Å². The normalized spacial score (nSPS) is 27.0. The Morgan fingerprint density at radius 2 is 1.90 bits per heavy atom. The topological polar surface area (TPSA) is 135 Å². The number of ether oxygens (including phenoxy) is 4. The first kappa shape index (κ1) is 23.4. The molecule has 2 rings (SSSR count). The third-order valence-electron chi connectivity index (χ3n) is 4.44. The third kappa shape index (κ3) is 6.03. The van der Waals surface area contributed by atoms with Crippen LogP contribution in [-0.2, 0) is 20.9 Å². The van der Waals surface area contributed by atoms with Crippen LogP contribution in [0, 0.1) is 5.92 Å². The molecule has 5 atom stereocenters. The number of aliphatic hydroxyl groups excluding tert-OH is 4. The molecule has 1 aliphatic heterocycles. The largest absolute Gasteiger partial charge is 0.493 e. The van der Waals surface area contributed by atoms with Crippen molar-refractivity contribution in [2.45, 2.75) is 64.5 Å². The van der Waals surface area contributed by atoms with Gasteiger partial charge in [0.05, 0.1) is 19.1 Å². The van der Waals surface area contributed by atoms with Crippen molar-refractivity contribution in [2.24, 2.45) is 5.92 Å². The van der Waals surface area contributed by atoms with Gasteiger partial charge in [-0.15, -0.1) is 0 Å². The minimum Gasteiger partial charge on any atom is -0.493 e. The minimum atomic E-state index is -1.53. The van der Waals surface area contributed by atoms with Gasteiger partial charge in [-0.25, -0.2) is 0 Å². The van der Waals surface area contributed by atoms with E-state index in [2.05, 4.69) is 0 Å². The fraction of sp³-hybridized carbons (Fsp3) is 0.650. The number of carbonyl (C=O) groups excluding carboxylic acids is 1. The van der Waals surface area contributed by atoms with Crippen LogP contribution in [0.4, 0.5) is 0 Å². The van der Waals surface area contributed by atoms with Gasteiger partial charge in [-0.3, -0.25) is 4.79 Å². The second kappa shape index (κ2) is 10.7. The summed E-state index contributed by atoms with van der Waals surface area (Å²) in [5, 5.41) is 39.1. The van der Waals surface area contributed by atoms with Crippen LogP contribution < -0.4 is 9.47 Å². The van der Waals surface area contributed by atoms with Crippen LogP contribution in [0.5, 0.6) is 11.5 Å². The number of rotatable bonds is 9. The third-order valence-corrected chi connectivity index (χ3v) is 4.44. The van der Waals surface area contributed by atoms with Gasteiger partial charge < -0.3 is 39.4 Å². The van der Waals surface area contributed by atoms with E-state index in [1.807, 2.05) is 6.92 Å². The fourth-order valence-electron chi connectivity index (χ4n) is 2.69.